The average Bonchev–Trinajstić information content (AvgIpc) is 2.26. The normalized spacial score (nSPS) is 19.2. The van der Waals surface area contributed by atoms with E-state index in [-0.39, 0.29) is 11.5 Å². The molecule has 1 aliphatic rings. The Morgan fingerprint density at radius 1 is 1.47 bits per heavy atom. The van der Waals surface area contributed by atoms with Crippen LogP contribution in [0.1, 0.15) is 5.56 Å². The third-order valence-electron chi connectivity index (χ3n) is 2.72. The maximum atomic E-state index is 11.4. The molecule has 0 amide bonds. The highest BCUT2D eigenvalue weighted by Gasteiger charge is 2.26. The second-order valence-electron chi connectivity index (χ2n) is 4.09. The second kappa shape index (κ2) is 4.03. The molecule has 5 nitrogen and oxygen atoms in total. The Morgan fingerprint density at radius 2 is 2.18 bits per heavy atom. The summed E-state index contributed by atoms with van der Waals surface area (Å²) in [5.74, 6) is -0.979. The number of rotatable bonds is 2. The van der Waals surface area contributed by atoms with E-state index < -0.39 is 21.7 Å². The molecule has 1 unspecified atom stereocenters. The van der Waals surface area contributed by atoms with Gasteiger partial charge in [0, 0.05) is 6.26 Å². The van der Waals surface area contributed by atoms with Crippen molar-refractivity contribution in [2.24, 2.45) is 5.92 Å². The van der Waals surface area contributed by atoms with Crippen LogP contribution in [0.2, 0.25) is 0 Å². The molecule has 2 rings (SSSR count). The van der Waals surface area contributed by atoms with Gasteiger partial charge < -0.3 is 9.84 Å². The minimum Gasteiger partial charge on any atom is -0.492 e. The summed E-state index contributed by atoms with van der Waals surface area (Å²) >= 11 is 0. The number of hydrogen-bond acceptors (Lipinski definition) is 4. The number of aliphatic carboxylic acids is 1. The minimum absolute atomic E-state index is 0.126. The van der Waals surface area contributed by atoms with Gasteiger partial charge in [-0.15, -0.1) is 0 Å². The Hall–Kier alpha value is -1.56. The molecular weight excluding hydrogens is 244 g/mol. The van der Waals surface area contributed by atoms with Gasteiger partial charge in [0.05, 0.1) is 10.8 Å². The molecule has 1 N–H and O–H groups in total. The smallest absolute Gasteiger partial charge is 0.310 e. The summed E-state index contributed by atoms with van der Waals surface area (Å²) < 4.78 is 28.0. The Bertz CT molecular complexity index is 561. The van der Waals surface area contributed by atoms with Crippen LogP contribution in [-0.4, -0.2) is 32.4 Å². The average molecular weight is 256 g/mol. The summed E-state index contributed by atoms with van der Waals surface area (Å²) in [5, 5.41) is 8.89. The molecule has 1 aliphatic heterocycles. The van der Waals surface area contributed by atoms with Crippen molar-refractivity contribution in [1.29, 1.82) is 0 Å². The minimum atomic E-state index is -3.28. The van der Waals surface area contributed by atoms with Crippen LogP contribution < -0.4 is 4.74 Å². The first-order chi connectivity index (χ1) is 7.88. The molecule has 0 bridgehead atoms. The Morgan fingerprint density at radius 3 is 2.76 bits per heavy atom. The van der Waals surface area contributed by atoms with Gasteiger partial charge in [-0.25, -0.2) is 8.42 Å². The number of ether oxygens (including phenoxy) is 1. The van der Waals surface area contributed by atoms with E-state index in [9.17, 15) is 13.2 Å². The predicted octanol–water partition coefficient (Wildman–Crippen LogP) is 0.726. The second-order valence-corrected chi connectivity index (χ2v) is 6.11. The summed E-state index contributed by atoms with van der Waals surface area (Å²) in [7, 11) is -3.28. The number of carboxylic acid groups (broad SMARTS) is 1. The van der Waals surface area contributed by atoms with Crippen molar-refractivity contribution < 1.29 is 23.1 Å². The van der Waals surface area contributed by atoms with E-state index in [2.05, 4.69) is 0 Å². The third kappa shape index (κ3) is 2.41. The van der Waals surface area contributed by atoms with Gasteiger partial charge in [-0.05, 0) is 30.2 Å². The van der Waals surface area contributed by atoms with Crippen molar-refractivity contribution in [1.82, 2.24) is 0 Å². The van der Waals surface area contributed by atoms with Gasteiger partial charge in [0.2, 0.25) is 0 Å². The molecule has 17 heavy (non-hydrogen) atoms. The number of benzene rings is 1. The Kier molecular flexibility index (Phi) is 2.82. The molecule has 1 heterocycles. The molecule has 1 aromatic rings. The predicted molar refractivity (Wildman–Crippen MR) is 59.9 cm³/mol. The quantitative estimate of drug-likeness (QED) is 0.843. The summed E-state index contributed by atoms with van der Waals surface area (Å²) in [4.78, 5) is 11.0. The largest absolute Gasteiger partial charge is 0.492 e. The van der Waals surface area contributed by atoms with Gasteiger partial charge in [0.1, 0.15) is 12.4 Å². The van der Waals surface area contributed by atoms with E-state index in [4.69, 9.17) is 9.84 Å². The molecule has 0 radical (unpaired) electrons. The lowest BCUT2D eigenvalue weighted by atomic mass is 9.97. The molecule has 0 saturated carbocycles. The molecule has 92 valence electrons. The van der Waals surface area contributed by atoms with Crippen LogP contribution in [-0.2, 0) is 21.1 Å². The van der Waals surface area contributed by atoms with Gasteiger partial charge in [-0.3, -0.25) is 4.79 Å². The van der Waals surface area contributed by atoms with Crippen LogP contribution in [0.4, 0.5) is 0 Å². The first-order valence-electron chi connectivity index (χ1n) is 5.06. The zero-order chi connectivity index (χ0) is 12.6. The number of hydrogen-bond donors (Lipinski definition) is 1. The van der Waals surface area contributed by atoms with Gasteiger partial charge in [-0.1, -0.05) is 0 Å². The number of sulfone groups is 1. The molecule has 1 aromatic carbocycles. The maximum absolute atomic E-state index is 11.4. The van der Waals surface area contributed by atoms with Crippen LogP contribution in [0.5, 0.6) is 5.75 Å². The molecule has 0 aliphatic carbocycles. The summed E-state index contributed by atoms with van der Waals surface area (Å²) in [6.07, 6.45) is 1.42. The fourth-order valence-corrected chi connectivity index (χ4v) is 2.43. The SMILES string of the molecule is CS(=O)(=O)c1ccc2c(c1)CC(C(=O)O)CO2. The van der Waals surface area contributed by atoms with Crippen molar-refractivity contribution in [3.63, 3.8) is 0 Å². The topological polar surface area (TPSA) is 80.7 Å². The van der Waals surface area contributed by atoms with Crippen molar-refractivity contribution in [2.45, 2.75) is 11.3 Å². The van der Waals surface area contributed by atoms with Crippen LogP contribution in [0.3, 0.4) is 0 Å². The lowest BCUT2D eigenvalue weighted by Gasteiger charge is -2.22. The molecule has 6 heteroatoms. The molecule has 0 saturated heterocycles. The third-order valence-corrected chi connectivity index (χ3v) is 3.83. The van der Waals surface area contributed by atoms with E-state index in [1.54, 1.807) is 6.07 Å². The Labute approximate surface area is 98.9 Å². The van der Waals surface area contributed by atoms with Gasteiger partial charge in [0.25, 0.3) is 0 Å². The van der Waals surface area contributed by atoms with Gasteiger partial charge >= 0.3 is 5.97 Å². The standard InChI is InChI=1S/C11H12O5S/c1-17(14,15)9-2-3-10-7(5-9)4-8(6-16-10)11(12)13/h2-3,5,8H,4,6H2,1H3,(H,12,13). The molecule has 1 atom stereocenters. The number of carboxylic acids is 1. The van der Waals surface area contributed by atoms with Crippen LogP contribution >= 0.6 is 0 Å². The molecule has 0 aromatic heterocycles. The monoisotopic (exact) mass is 256 g/mol. The van der Waals surface area contributed by atoms with E-state index >= 15 is 0 Å². The summed E-state index contributed by atoms with van der Waals surface area (Å²) in [6.45, 7) is 0.126. The summed E-state index contributed by atoms with van der Waals surface area (Å²) in [6, 6.07) is 4.53. The van der Waals surface area contributed by atoms with Crippen LogP contribution in [0.25, 0.3) is 0 Å². The highest BCUT2D eigenvalue weighted by atomic mass is 32.2. The van der Waals surface area contributed by atoms with Crippen molar-refractivity contribution in [3.8, 4) is 5.75 Å². The zero-order valence-corrected chi connectivity index (χ0v) is 10.0. The first kappa shape index (κ1) is 11.9. The van der Waals surface area contributed by atoms with E-state index in [0.29, 0.717) is 17.7 Å². The van der Waals surface area contributed by atoms with Gasteiger partial charge in [-0.2, -0.15) is 0 Å². The maximum Gasteiger partial charge on any atom is 0.310 e. The van der Waals surface area contributed by atoms with Crippen molar-refractivity contribution in [2.75, 3.05) is 12.9 Å². The van der Waals surface area contributed by atoms with E-state index in [1.165, 1.54) is 12.1 Å². The zero-order valence-electron chi connectivity index (χ0n) is 9.21. The van der Waals surface area contributed by atoms with Crippen molar-refractivity contribution in [3.05, 3.63) is 23.8 Å². The summed E-state index contributed by atoms with van der Waals surface area (Å²) in [5.41, 5.74) is 0.631. The fourth-order valence-electron chi connectivity index (χ4n) is 1.76. The lowest BCUT2D eigenvalue weighted by Crippen LogP contribution is -2.27. The van der Waals surface area contributed by atoms with Crippen molar-refractivity contribution >= 4 is 15.8 Å². The first-order valence-corrected chi connectivity index (χ1v) is 6.95. The molecular formula is C11H12O5S. The number of fused-ring (bicyclic) bond motifs is 1. The lowest BCUT2D eigenvalue weighted by molar-refractivity contribution is -0.143. The molecule has 0 spiro atoms. The highest BCUT2D eigenvalue weighted by molar-refractivity contribution is 7.90. The van der Waals surface area contributed by atoms with E-state index in [0.717, 1.165) is 6.26 Å². The number of carbonyl (C=O) groups is 1. The van der Waals surface area contributed by atoms with Crippen LogP contribution in [0, 0.1) is 5.92 Å². The van der Waals surface area contributed by atoms with E-state index in [1.807, 2.05) is 0 Å². The van der Waals surface area contributed by atoms with Gasteiger partial charge in [0.15, 0.2) is 9.84 Å². The Balaban J connectivity index is 2.39. The fraction of sp³-hybridized carbons (Fsp3) is 0.364. The van der Waals surface area contributed by atoms with Crippen LogP contribution in [0.15, 0.2) is 23.1 Å². The molecule has 0 fully saturated rings. The highest BCUT2D eigenvalue weighted by Crippen LogP contribution is 2.29.